The van der Waals surface area contributed by atoms with Gasteiger partial charge in [0.05, 0.1) is 0 Å². The van der Waals surface area contributed by atoms with Crippen LogP contribution in [0.3, 0.4) is 0 Å². The number of alkyl halides is 1. The Morgan fingerprint density at radius 1 is 1.15 bits per heavy atom. The number of benzene rings is 1. The van der Waals surface area contributed by atoms with Crippen molar-refractivity contribution in [3.8, 4) is 0 Å². The fraction of sp³-hybridized carbons (Fsp3) is 0.455. The molecule has 2 bridgehead atoms. The zero-order valence-electron chi connectivity index (χ0n) is 15.1. The molecule has 3 unspecified atom stereocenters. The molecule has 5 rings (SSSR count). The Bertz CT molecular complexity index is 958. The first-order valence-electron chi connectivity index (χ1n) is 9.65. The van der Waals surface area contributed by atoms with Gasteiger partial charge in [-0.3, -0.25) is 4.90 Å². The van der Waals surface area contributed by atoms with Crippen LogP contribution >= 0.6 is 0 Å². The molecule has 0 spiro atoms. The third-order valence-corrected chi connectivity index (χ3v) is 6.52. The van der Waals surface area contributed by atoms with Gasteiger partial charge in [-0.1, -0.05) is 18.2 Å². The molecule has 2 aliphatic heterocycles. The lowest BCUT2D eigenvalue weighted by atomic mass is 9.97. The molecule has 1 aromatic heterocycles. The molecule has 0 saturated carbocycles. The van der Waals surface area contributed by atoms with Gasteiger partial charge in [0.1, 0.15) is 12.0 Å². The molecule has 0 amide bonds. The van der Waals surface area contributed by atoms with Crippen molar-refractivity contribution in [3.05, 3.63) is 57.5 Å². The fourth-order valence-corrected chi connectivity index (χ4v) is 5.17. The van der Waals surface area contributed by atoms with Gasteiger partial charge in [-0.25, -0.2) is 8.78 Å². The summed E-state index contributed by atoms with van der Waals surface area (Å²) in [6, 6.07) is 7.82. The minimum absolute atomic E-state index is 0.194. The molecular formula is C22H24F2N2. The Labute approximate surface area is 152 Å². The topological polar surface area (TPSA) is 8.17 Å². The number of halogens is 2. The molecule has 3 atom stereocenters. The van der Waals surface area contributed by atoms with Crippen LogP contribution in [0.4, 0.5) is 8.78 Å². The number of fused-ring (bicyclic) bond motifs is 6. The van der Waals surface area contributed by atoms with Gasteiger partial charge in [0.25, 0.3) is 0 Å². The molecule has 4 heteroatoms. The molecular weight excluding hydrogens is 330 g/mol. The normalized spacial score (nSPS) is 26.8. The molecule has 1 aliphatic carbocycles. The molecule has 3 aliphatic rings. The van der Waals surface area contributed by atoms with Crippen LogP contribution in [0.15, 0.2) is 24.3 Å². The Kier molecular flexibility index (Phi) is 3.78. The number of likely N-dealkylation sites (N-methyl/N-ethyl adjacent to an activating group) is 1. The van der Waals surface area contributed by atoms with E-state index in [-0.39, 0.29) is 5.82 Å². The van der Waals surface area contributed by atoms with E-state index in [1.807, 2.05) is 18.2 Å². The van der Waals surface area contributed by atoms with Gasteiger partial charge in [0.2, 0.25) is 0 Å². The van der Waals surface area contributed by atoms with Gasteiger partial charge < -0.3 is 4.57 Å². The van der Waals surface area contributed by atoms with Crippen molar-refractivity contribution >= 4 is 12.2 Å². The summed E-state index contributed by atoms with van der Waals surface area (Å²) < 4.78 is 29.7. The molecule has 1 aromatic carbocycles. The van der Waals surface area contributed by atoms with E-state index in [4.69, 9.17) is 0 Å². The second kappa shape index (κ2) is 6.05. The minimum Gasteiger partial charge on any atom is -0.344 e. The molecule has 26 heavy (non-hydrogen) atoms. The monoisotopic (exact) mass is 354 g/mol. The molecule has 1 fully saturated rings. The lowest BCUT2D eigenvalue weighted by molar-refractivity contribution is 0.220. The first-order chi connectivity index (χ1) is 12.6. The highest BCUT2D eigenvalue weighted by molar-refractivity contribution is 5.48. The maximum absolute atomic E-state index is 14.1. The summed E-state index contributed by atoms with van der Waals surface area (Å²) in [6.45, 7) is 0.869. The lowest BCUT2D eigenvalue weighted by Crippen LogP contribution is -2.37. The van der Waals surface area contributed by atoms with Crippen molar-refractivity contribution in [1.82, 2.24) is 9.47 Å². The van der Waals surface area contributed by atoms with Gasteiger partial charge in [-0.2, -0.15) is 0 Å². The maximum atomic E-state index is 14.1. The zero-order valence-corrected chi connectivity index (χ0v) is 15.1. The molecule has 2 aromatic rings. The predicted molar refractivity (Wildman–Crippen MR) is 99.5 cm³/mol. The van der Waals surface area contributed by atoms with E-state index in [0.29, 0.717) is 18.5 Å². The molecule has 136 valence electrons. The van der Waals surface area contributed by atoms with Crippen molar-refractivity contribution in [1.29, 1.82) is 0 Å². The smallest absolute Gasteiger partial charge is 0.123 e. The van der Waals surface area contributed by atoms with Gasteiger partial charge in [0, 0.05) is 47.7 Å². The first-order valence-corrected chi connectivity index (χ1v) is 9.65. The summed E-state index contributed by atoms with van der Waals surface area (Å²) in [4.78, 5) is 2.49. The van der Waals surface area contributed by atoms with Crippen molar-refractivity contribution < 1.29 is 8.78 Å². The largest absolute Gasteiger partial charge is 0.344 e. The van der Waals surface area contributed by atoms with E-state index in [9.17, 15) is 8.78 Å². The van der Waals surface area contributed by atoms with Crippen LogP contribution in [-0.4, -0.2) is 28.7 Å². The van der Waals surface area contributed by atoms with Crippen LogP contribution < -0.4 is 10.6 Å². The first kappa shape index (κ1) is 16.2. The lowest BCUT2D eigenvalue weighted by Gasteiger charge is -2.32. The Hall–Kier alpha value is -1.94. The maximum Gasteiger partial charge on any atom is 0.123 e. The van der Waals surface area contributed by atoms with E-state index in [2.05, 4.69) is 22.6 Å². The zero-order chi connectivity index (χ0) is 17.8. The molecule has 3 heterocycles. The third-order valence-electron chi connectivity index (χ3n) is 6.52. The Balaban J connectivity index is 1.58. The van der Waals surface area contributed by atoms with Crippen LogP contribution in [0, 0.1) is 5.82 Å². The summed E-state index contributed by atoms with van der Waals surface area (Å²) in [5, 5.41) is 2.34. The standard InChI is InChI=1S/C22H24F2N2/c1-25-17-7-9-20(25)22-18-12-16(24)6-8-19(18)26(21(22)13-17)11-10-14-2-4-15(23)5-3-14/h2-5,8,12,16-17,20H,6-7,9-11,13H2,1H3. The predicted octanol–water partition coefficient (Wildman–Crippen LogP) is 2.86. The van der Waals surface area contributed by atoms with E-state index in [0.717, 1.165) is 30.2 Å². The summed E-state index contributed by atoms with van der Waals surface area (Å²) in [6.07, 6.45) is 7.84. The Morgan fingerprint density at radius 2 is 1.96 bits per heavy atom. The number of hydrogen-bond acceptors (Lipinski definition) is 1. The summed E-state index contributed by atoms with van der Waals surface area (Å²) in [5.74, 6) is -0.194. The highest BCUT2D eigenvalue weighted by atomic mass is 19.1. The molecule has 1 saturated heterocycles. The van der Waals surface area contributed by atoms with Crippen molar-refractivity contribution in [2.24, 2.45) is 0 Å². The Morgan fingerprint density at radius 3 is 2.77 bits per heavy atom. The number of hydrogen-bond donors (Lipinski definition) is 0. The van der Waals surface area contributed by atoms with Crippen molar-refractivity contribution in [2.75, 3.05) is 7.05 Å². The minimum atomic E-state index is -0.871. The van der Waals surface area contributed by atoms with Gasteiger partial charge in [-0.05, 0) is 55.6 Å². The highest BCUT2D eigenvalue weighted by Gasteiger charge is 2.40. The molecule has 0 radical (unpaired) electrons. The second-order valence-corrected chi connectivity index (χ2v) is 7.93. The SMILES string of the molecule is CN1C2CCC1c1c(n(CCc3ccc(F)cc3)c3c1=CC(F)CC=3)C2. The number of nitrogens with zero attached hydrogens (tertiary/aromatic N) is 2. The fourth-order valence-electron chi connectivity index (χ4n) is 5.17. The summed E-state index contributed by atoms with van der Waals surface area (Å²) in [5.41, 5.74) is 3.92. The van der Waals surface area contributed by atoms with Gasteiger partial charge in [-0.15, -0.1) is 0 Å². The molecule has 2 nitrogen and oxygen atoms in total. The third kappa shape index (κ3) is 2.46. The van der Waals surface area contributed by atoms with E-state index in [1.54, 1.807) is 0 Å². The van der Waals surface area contributed by atoms with Crippen LogP contribution in [0.1, 0.15) is 42.1 Å². The van der Waals surface area contributed by atoms with Crippen LogP contribution in [0.5, 0.6) is 0 Å². The average molecular weight is 354 g/mol. The quantitative estimate of drug-likeness (QED) is 0.823. The average Bonchev–Trinajstić information content (AvgIpc) is 3.04. The van der Waals surface area contributed by atoms with E-state index in [1.165, 1.54) is 41.6 Å². The number of aryl methyl sites for hydroxylation is 1. The summed E-state index contributed by atoms with van der Waals surface area (Å²) in [7, 11) is 2.22. The van der Waals surface area contributed by atoms with Crippen molar-refractivity contribution in [3.63, 3.8) is 0 Å². The van der Waals surface area contributed by atoms with Crippen molar-refractivity contribution in [2.45, 2.75) is 56.9 Å². The number of rotatable bonds is 3. The molecule has 0 N–H and O–H groups in total. The van der Waals surface area contributed by atoms with Crippen LogP contribution in [-0.2, 0) is 19.4 Å². The highest BCUT2D eigenvalue weighted by Crippen LogP contribution is 2.41. The number of aromatic nitrogens is 1. The van der Waals surface area contributed by atoms with Gasteiger partial charge in [0.15, 0.2) is 0 Å². The van der Waals surface area contributed by atoms with E-state index < -0.39 is 6.17 Å². The van der Waals surface area contributed by atoms with Crippen LogP contribution in [0.25, 0.3) is 12.2 Å². The van der Waals surface area contributed by atoms with Gasteiger partial charge >= 0.3 is 0 Å². The van der Waals surface area contributed by atoms with E-state index >= 15 is 0 Å². The second-order valence-electron chi connectivity index (χ2n) is 7.93. The summed E-state index contributed by atoms with van der Waals surface area (Å²) >= 11 is 0. The van der Waals surface area contributed by atoms with Crippen LogP contribution in [0.2, 0.25) is 0 Å².